The highest BCUT2D eigenvalue weighted by molar-refractivity contribution is 4.71. The molecule has 0 heterocycles. The van der Waals surface area contributed by atoms with Crippen LogP contribution in [-0.4, -0.2) is 0 Å². The fourth-order valence-corrected chi connectivity index (χ4v) is 2.81. The number of hydrogen-bond acceptors (Lipinski definition) is 0. The van der Waals surface area contributed by atoms with Crippen LogP contribution >= 0.6 is 0 Å². The van der Waals surface area contributed by atoms with Crippen molar-refractivity contribution in [1.82, 2.24) is 0 Å². The van der Waals surface area contributed by atoms with Gasteiger partial charge in [0.25, 0.3) is 0 Å². The molecule has 0 aliphatic rings. The van der Waals surface area contributed by atoms with Gasteiger partial charge in [-0.15, -0.1) is 0 Å². The Hall–Kier alpha value is 0. The van der Waals surface area contributed by atoms with Gasteiger partial charge >= 0.3 is 0 Å². The van der Waals surface area contributed by atoms with Gasteiger partial charge in [0.1, 0.15) is 0 Å². The van der Waals surface area contributed by atoms with Gasteiger partial charge in [0.05, 0.1) is 0 Å². The summed E-state index contributed by atoms with van der Waals surface area (Å²) in [4.78, 5) is 0. The maximum atomic E-state index is 4.15. The molecule has 0 nitrogen and oxygen atoms in total. The highest BCUT2D eigenvalue weighted by Gasteiger charge is 2.17. The summed E-state index contributed by atoms with van der Waals surface area (Å²) in [6.45, 7) is 11.1. The van der Waals surface area contributed by atoms with E-state index >= 15 is 0 Å². The van der Waals surface area contributed by atoms with E-state index in [1.165, 1.54) is 57.8 Å². The Kier molecular flexibility index (Phi) is 11.5. The van der Waals surface area contributed by atoms with Crippen molar-refractivity contribution in [2.24, 2.45) is 11.8 Å². The molecule has 0 rings (SSSR count). The molecule has 0 aliphatic carbocycles. The van der Waals surface area contributed by atoms with Crippen molar-refractivity contribution in [2.45, 2.75) is 85.0 Å². The maximum Gasteiger partial charge on any atom is -0.0386 e. The topological polar surface area (TPSA) is 0 Å². The van der Waals surface area contributed by atoms with Crippen LogP contribution in [0.3, 0.4) is 0 Å². The van der Waals surface area contributed by atoms with Crippen molar-refractivity contribution >= 4 is 0 Å². The summed E-state index contributed by atoms with van der Waals surface area (Å²) in [6.07, 6.45) is 13.7. The lowest BCUT2D eigenvalue weighted by molar-refractivity contribution is 0.267. The minimum Gasteiger partial charge on any atom is -0.0654 e. The van der Waals surface area contributed by atoms with Gasteiger partial charge < -0.3 is 0 Å². The average molecular weight is 225 g/mol. The summed E-state index contributed by atoms with van der Waals surface area (Å²) in [5, 5.41) is 0. The third kappa shape index (κ3) is 7.30. The van der Waals surface area contributed by atoms with E-state index in [1.54, 1.807) is 0 Å². The Morgan fingerprint density at radius 2 is 1.31 bits per heavy atom. The van der Waals surface area contributed by atoms with E-state index < -0.39 is 0 Å². The quantitative estimate of drug-likeness (QED) is 0.377. The maximum absolute atomic E-state index is 4.15. The van der Waals surface area contributed by atoms with Crippen molar-refractivity contribution in [3.8, 4) is 0 Å². The first kappa shape index (κ1) is 16.0. The average Bonchev–Trinajstić information content (AvgIpc) is 2.30. The zero-order chi connectivity index (χ0) is 12.2. The molecule has 1 radical (unpaired) electrons. The molecule has 2 unspecified atom stereocenters. The van der Waals surface area contributed by atoms with E-state index in [0.717, 1.165) is 18.3 Å². The molecule has 97 valence electrons. The Balaban J connectivity index is 3.91. The molecule has 0 aromatic carbocycles. The minimum absolute atomic E-state index is 0.895. The van der Waals surface area contributed by atoms with Crippen molar-refractivity contribution in [1.29, 1.82) is 0 Å². The summed E-state index contributed by atoms with van der Waals surface area (Å²) in [6, 6.07) is 0. The van der Waals surface area contributed by atoms with Crippen LogP contribution in [0.15, 0.2) is 0 Å². The molecule has 0 saturated carbocycles. The van der Waals surface area contributed by atoms with E-state index in [4.69, 9.17) is 0 Å². The van der Waals surface area contributed by atoms with Crippen molar-refractivity contribution in [3.05, 3.63) is 6.92 Å². The molecule has 0 aromatic rings. The van der Waals surface area contributed by atoms with Gasteiger partial charge in [0.2, 0.25) is 0 Å². The zero-order valence-corrected chi connectivity index (χ0v) is 11.9. The largest absolute Gasteiger partial charge is 0.0654 e. The minimum atomic E-state index is 0.895. The van der Waals surface area contributed by atoms with E-state index in [-0.39, 0.29) is 0 Å². The van der Waals surface area contributed by atoms with Gasteiger partial charge in [-0.25, -0.2) is 0 Å². The summed E-state index contributed by atoms with van der Waals surface area (Å²) in [5.74, 6) is 1.85. The first-order valence-corrected chi connectivity index (χ1v) is 7.59. The fraction of sp³-hybridized carbons (Fsp3) is 0.938. The van der Waals surface area contributed by atoms with Crippen LogP contribution in [0.2, 0.25) is 0 Å². The molecule has 0 bridgehead atoms. The Labute approximate surface area is 104 Å². The van der Waals surface area contributed by atoms with Crippen LogP contribution in [0, 0.1) is 18.8 Å². The van der Waals surface area contributed by atoms with Gasteiger partial charge in [0.15, 0.2) is 0 Å². The monoisotopic (exact) mass is 225 g/mol. The molecule has 0 saturated heterocycles. The molecule has 0 heteroatoms. The van der Waals surface area contributed by atoms with Crippen molar-refractivity contribution in [3.63, 3.8) is 0 Å². The summed E-state index contributed by atoms with van der Waals surface area (Å²) in [5.41, 5.74) is 0. The van der Waals surface area contributed by atoms with E-state index in [0.29, 0.717) is 0 Å². The molecular formula is C16H33. The predicted octanol–water partition coefficient (Wildman–Crippen LogP) is 6.01. The van der Waals surface area contributed by atoms with Crippen LogP contribution in [0.4, 0.5) is 0 Å². The number of unbranched alkanes of at least 4 members (excludes halogenated alkanes) is 3. The van der Waals surface area contributed by atoms with Gasteiger partial charge in [-0.05, 0) is 11.8 Å². The van der Waals surface area contributed by atoms with Gasteiger partial charge in [-0.3, -0.25) is 0 Å². The van der Waals surface area contributed by atoms with E-state index in [1.807, 2.05) is 0 Å². The highest BCUT2D eigenvalue weighted by atomic mass is 14.2. The summed E-state index contributed by atoms with van der Waals surface area (Å²) in [7, 11) is 0. The lowest BCUT2D eigenvalue weighted by atomic mass is 9.80. The van der Waals surface area contributed by atoms with Gasteiger partial charge in [-0.1, -0.05) is 91.9 Å². The summed E-state index contributed by atoms with van der Waals surface area (Å²) < 4.78 is 0. The SMILES string of the molecule is [CH2]CC(CCC)C(CCC)CCCCCC. The van der Waals surface area contributed by atoms with E-state index in [9.17, 15) is 0 Å². The number of rotatable bonds is 11. The third-order valence-corrected chi connectivity index (χ3v) is 3.78. The molecule has 0 spiro atoms. The van der Waals surface area contributed by atoms with Crippen LogP contribution < -0.4 is 0 Å². The molecule has 2 atom stereocenters. The molecule has 16 heavy (non-hydrogen) atoms. The van der Waals surface area contributed by atoms with Crippen molar-refractivity contribution < 1.29 is 0 Å². The molecular weight excluding hydrogens is 192 g/mol. The lowest BCUT2D eigenvalue weighted by Crippen LogP contribution is -2.14. The molecule has 0 aromatic heterocycles. The molecule has 0 amide bonds. The first-order valence-electron chi connectivity index (χ1n) is 7.59. The van der Waals surface area contributed by atoms with Crippen LogP contribution in [0.5, 0.6) is 0 Å². The van der Waals surface area contributed by atoms with Gasteiger partial charge in [0, 0.05) is 0 Å². The summed E-state index contributed by atoms with van der Waals surface area (Å²) >= 11 is 0. The standard InChI is InChI=1S/C16H33/c1-5-9-10-11-14-16(13-7-3)15(8-4)12-6-2/h15-16H,4-14H2,1-3H3. The normalized spacial score (nSPS) is 15.0. The predicted molar refractivity (Wildman–Crippen MR) is 75.5 cm³/mol. The first-order chi connectivity index (χ1) is 7.79. The smallest absolute Gasteiger partial charge is 0.0386 e. The molecule has 0 N–H and O–H groups in total. The lowest BCUT2D eigenvalue weighted by Gasteiger charge is -2.25. The van der Waals surface area contributed by atoms with Gasteiger partial charge in [-0.2, -0.15) is 0 Å². The number of hydrogen-bond donors (Lipinski definition) is 0. The zero-order valence-electron chi connectivity index (χ0n) is 11.9. The second-order valence-electron chi connectivity index (χ2n) is 5.24. The van der Waals surface area contributed by atoms with Crippen molar-refractivity contribution in [2.75, 3.05) is 0 Å². The Bertz CT molecular complexity index is 128. The highest BCUT2D eigenvalue weighted by Crippen LogP contribution is 2.29. The third-order valence-electron chi connectivity index (χ3n) is 3.78. The van der Waals surface area contributed by atoms with Crippen LogP contribution in [0.1, 0.15) is 85.0 Å². The fourth-order valence-electron chi connectivity index (χ4n) is 2.81. The van der Waals surface area contributed by atoms with Crippen LogP contribution in [-0.2, 0) is 0 Å². The second-order valence-corrected chi connectivity index (χ2v) is 5.24. The molecule has 0 aliphatic heterocycles. The Morgan fingerprint density at radius 1 is 0.688 bits per heavy atom. The second kappa shape index (κ2) is 11.5. The van der Waals surface area contributed by atoms with E-state index in [2.05, 4.69) is 27.7 Å². The molecule has 0 fully saturated rings. The van der Waals surface area contributed by atoms with Crippen LogP contribution in [0.25, 0.3) is 0 Å². The Morgan fingerprint density at radius 3 is 1.81 bits per heavy atom.